The van der Waals surface area contributed by atoms with Gasteiger partial charge in [-0.05, 0) is 29.8 Å². The van der Waals surface area contributed by atoms with E-state index in [1.807, 2.05) is 35.0 Å². The summed E-state index contributed by atoms with van der Waals surface area (Å²) >= 11 is 0. The lowest BCUT2D eigenvalue weighted by Gasteiger charge is -2.05. The van der Waals surface area contributed by atoms with Gasteiger partial charge in [-0.15, -0.1) is 0 Å². The van der Waals surface area contributed by atoms with E-state index in [0.717, 1.165) is 22.0 Å². The van der Waals surface area contributed by atoms with E-state index in [4.69, 9.17) is 11.0 Å². The SMILES string of the molecule is N#CCCn1cc(/C=C/C(=O)NCc2ccc(C(=O)NCC(N)=O)cc2)c2ccccc21. The van der Waals surface area contributed by atoms with E-state index in [9.17, 15) is 14.4 Å². The fourth-order valence-corrected chi connectivity index (χ4v) is 3.22. The zero-order valence-corrected chi connectivity index (χ0v) is 17.4. The number of nitriles is 1. The van der Waals surface area contributed by atoms with Crippen molar-refractivity contribution in [3.05, 3.63) is 77.5 Å². The van der Waals surface area contributed by atoms with Crippen LogP contribution in [0, 0.1) is 11.3 Å². The Morgan fingerprint density at radius 1 is 1.06 bits per heavy atom. The number of nitrogens with zero attached hydrogens (tertiary/aromatic N) is 2. The van der Waals surface area contributed by atoms with Gasteiger partial charge in [0.1, 0.15) is 0 Å². The van der Waals surface area contributed by atoms with Gasteiger partial charge in [0, 0.05) is 47.4 Å². The molecule has 3 aromatic rings. The van der Waals surface area contributed by atoms with Crippen molar-refractivity contribution in [1.29, 1.82) is 5.26 Å². The highest BCUT2D eigenvalue weighted by Crippen LogP contribution is 2.22. The molecule has 1 aromatic heterocycles. The Morgan fingerprint density at radius 2 is 1.81 bits per heavy atom. The first-order valence-corrected chi connectivity index (χ1v) is 10.0. The van der Waals surface area contributed by atoms with Crippen LogP contribution in [-0.2, 0) is 22.7 Å². The Labute approximate surface area is 185 Å². The number of nitrogens with two attached hydrogens (primary N) is 1. The number of hydrogen-bond acceptors (Lipinski definition) is 4. The second-order valence-electron chi connectivity index (χ2n) is 7.10. The molecule has 0 atom stereocenters. The number of fused-ring (bicyclic) bond motifs is 1. The van der Waals surface area contributed by atoms with Crippen LogP contribution in [0.4, 0.5) is 0 Å². The quantitative estimate of drug-likeness (QED) is 0.450. The first-order valence-electron chi connectivity index (χ1n) is 10.0. The fraction of sp³-hybridized carbons (Fsp3) is 0.167. The van der Waals surface area contributed by atoms with E-state index in [1.165, 1.54) is 6.08 Å². The normalized spacial score (nSPS) is 10.7. The zero-order chi connectivity index (χ0) is 22.9. The predicted molar refractivity (Wildman–Crippen MR) is 121 cm³/mol. The van der Waals surface area contributed by atoms with E-state index in [-0.39, 0.29) is 12.5 Å². The van der Waals surface area contributed by atoms with E-state index in [0.29, 0.717) is 25.1 Å². The average Bonchev–Trinajstić information content (AvgIpc) is 3.16. The van der Waals surface area contributed by atoms with Crippen LogP contribution in [0.15, 0.2) is 60.8 Å². The van der Waals surface area contributed by atoms with Gasteiger partial charge in [0.2, 0.25) is 11.8 Å². The Bertz CT molecular complexity index is 1200. The summed E-state index contributed by atoms with van der Waals surface area (Å²) in [5.41, 5.74) is 8.15. The van der Waals surface area contributed by atoms with Crippen molar-refractivity contribution < 1.29 is 14.4 Å². The molecule has 3 amide bonds. The van der Waals surface area contributed by atoms with Gasteiger partial charge < -0.3 is 20.9 Å². The molecule has 8 heteroatoms. The van der Waals surface area contributed by atoms with Gasteiger partial charge in [0.05, 0.1) is 19.0 Å². The van der Waals surface area contributed by atoms with Crippen molar-refractivity contribution in [3.8, 4) is 6.07 Å². The molecule has 4 N–H and O–H groups in total. The highest BCUT2D eigenvalue weighted by molar-refractivity contribution is 5.97. The molecule has 0 saturated heterocycles. The van der Waals surface area contributed by atoms with Crippen molar-refractivity contribution in [2.24, 2.45) is 5.73 Å². The van der Waals surface area contributed by atoms with Crippen molar-refractivity contribution in [3.63, 3.8) is 0 Å². The second kappa shape index (κ2) is 10.6. The van der Waals surface area contributed by atoms with Gasteiger partial charge in [-0.1, -0.05) is 30.3 Å². The molecule has 0 aliphatic heterocycles. The number of carbonyl (C=O) groups excluding carboxylic acids is 3. The molecule has 0 fully saturated rings. The van der Waals surface area contributed by atoms with Gasteiger partial charge in [0.15, 0.2) is 0 Å². The first-order chi connectivity index (χ1) is 15.5. The van der Waals surface area contributed by atoms with Crippen LogP contribution >= 0.6 is 0 Å². The lowest BCUT2D eigenvalue weighted by atomic mass is 10.1. The molecular formula is C24H23N5O3. The van der Waals surface area contributed by atoms with E-state index in [2.05, 4.69) is 16.7 Å². The fourth-order valence-electron chi connectivity index (χ4n) is 3.22. The van der Waals surface area contributed by atoms with Crippen LogP contribution in [-0.4, -0.2) is 28.8 Å². The molecule has 0 aliphatic carbocycles. The summed E-state index contributed by atoms with van der Waals surface area (Å²) in [6, 6.07) is 16.7. The van der Waals surface area contributed by atoms with Crippen molar-refractivity contribution >= 4 is 34.7 Å². The highest BCUT2D eigenvalue weighted by atomic mass is 16.2. The van der Waals surface area contributed by atoms with Gasteiger partial charge >= 0.3 is 0 Å². The number of para-hydroxylation sites is 1. The number of amides is 3. The largest absolute Gasteiger partial charge is 0.368 e. The van der Waals surface area contributed by atoms with Crippen LogP contribution in [0.3, 0.4) is 0 Å². The Balaban J connectivity index is 1.59. The zero-order valence-electron chi connectivity index (χ0n) is 17.4. The number of primary amides is 1. The Kier molecular flexibility index (Phi) is 7.38. The Morgan fingerprint density at radius 3 is 2.53 bits per heavy atom. The third kappa shape index (κ3) is 5.83. The molecule has 2 aromatic carbocycles. The number of hydrogen-bond donors (Lipinski definition) is 3. The highest BCUT2D eigenvalue weighted by Gasteiger charge is 2.08. The summed E-state index contributed by atoms with van der Waals surface area (Å²) in [4.78, 5) is 34.9. The maximum atomic E-state index is 12.3. The van der Waals surface area contributed by atoms with E-state index in [1.54, 1.807) is 30.3 Å². The summed E-state index contributed by atoms with van der Waals surface area (Å²) in [6.07, 6.45) is 5.58. The van der Waals surface area contributed by atoms with Crippen LogP contribution in [0.2, 0.25) is 0 Å². The van der Waals surface area contributed by atoms with Gasteiger partial charge in [0.25, 0.3) is 5.91 Å². The third-order valence-electron chi connectivity index (χ3n) is 4.80. The van der Waals surface area contributed by atoms with Crippen molar-refractivity contribution in [2.75, 3.05) is 6.54 Å². The molecule has 0 saturated carbocycles. The predicted octanol–water partition coefficient (Wildman–Crippen LogP) is 2.10. The number of nitrogens with one attached hydrogen (secondary N) is 2. The van der Waals surface area contributed by atoms with Gasteiger partial charge in [-0.3, -0.25) is 14.4 Å². The van der Waals surface area contributed by atoms with E-state index >= 15 is 0 Å². The third-order valence-corrected chi connectivity index (χ3v) is 4.80. The van der Waals surface area contributed by atoms with Gasteiger partial charge in [-0.25, -0.2) is 0 Å². The van der Waals surface area contributed by atoms with E-state index < -0.39 is 11.8 Å². The number of carbonyl (C=O) groups is 3. The van der Waals surface area contributed by atoms with Crippen LogP contribution in [0.5, 0.6) is 0 Å². The molecule has 0 spiro atoms. The summed E-state index contributed by atoms with van der Waals surface area (Å²) in [6.45, 7) is 0.670. The minimum Gasteiger partial charge on any atom is -0.368 e. The molecule has 0 unspecified atom stereocenters. The lowest BCUT2D eigenvalue weighted by Crippen LogP contribution is -2.33. The second-order valence-corrected chi connectivity index (χ2v) is 7.10. The summed E-state index contributed by atoms with van der Waals surface area (Å²) in [5, 5.41) is 15.1. The van der Waals surface area contributed by atoms with Crippen molar-refractivity contribution in [2.45, 2.75) is 19.5 Å². The average molecular weight is 429 g/mol. The number of aryl methyl sites for hydroxylation is 1. The summed E-state index contributed by atoms with van der Waals surface area (Å²) < 4.78 is 2.01. The maximum absolute atomic E-state index is 12.3. The molecule has 0 aliphatic rings. The lowest BCUT2D eigenvalue weighted by molar-refractivity contribution is -0.117. The minimum absolute atomic E-state index is 0.222. The minimum atomic E-state index is -0.613. The molecular weight excluding hydrogens is 406 g/mol. The number of benzene rings is 2. The Hall–Kier alpha value is -4.38. The molecule has 162 valence electrons. The first kappa shape index (κ1) is 22.3. The summed E-state index contributed by atoms with van der Waals surface area (Å²) in [5.74, 6) is -1.25. The topological polar surface area (TPSA) is 130 Å². The molecule has 0 radical (unpaired) electrons. The molecule has 32 heavy (non-hydrogen) atoms. The van der Waals surface area contributed by atoms with Crippen LogP contribution in [0.1, 0.15) is 27.9 Å². The molecule has 1 heterocycles. The number of rotatable bonds is 9. The number of aromatic nitrogens is 1. The molecule has 0 bridgehead atoms. The van der Waals surface area contributed by atoms with Gasteiger partial charge in [-0.2, -0.15) is 5.26 Å². The van der Waals surface area contributed by atoms with Crippen LogP contribution in [0.25, 0.3) is 17.0 Å². The summed E-state index contributed by atoms with van der Waals surface area (Å²) in [7, 11) is 0. The standard InChI is InChI=1S/C24H23N5O3/c25-12-3-13-29-16-19(20-4-1-2-5-21(20)29)10-11-23(31)27-14-17-6-8-18(9-7-17)24(32)28-15-22(26)30/h1-2,4-11,16H,3,13-15H2,(H2,26,30)(H,27,31)(H,28,32)/b11-10+. The molecule has 8 nitrogen and oxygen atoms in total. The smallest absolute Gasteiger partial charge is 0.251 e. The monoisotopic (exact) mass is 429 g/mol. The van der Waals surface area contributed by atoms with Crippen molar-refractivity contribution in [1.82, 2.24) is 15.2 Å². The maximum Gasteiger partial charge on any atom is 0.251 e. The van der Waals surface area contributed by atoms with Crippen LogP contribution < -0.4 is 16.4 Å². The molecule has 3 rings (SSSR count).